The van der Waals surface area contributed by atoms with Crippen molar-refractivity contribution in [3.05, 3.63) is 77.2 Å². The number of anilines is 1. The third kappa shape index (κ3) is 3.57. The van der Waals surface area contributed by atoms with Crippen molar-refractivity contribution in [3.63, 3.8) is 0 Å². The summed E-state index contributed by atoms with van der Waals surface area (Å²) in [7, 11) is 0. The van der Waals surface area contributed by atoms with E-state index >= 15 is 0 Å². The number of benzene rings is 2. The number of rotatable bonds is 4. The number of nitriles is 1. The molecule has 0 aliphatic carbocycles. The summed E-state index contributed by atoms with van der Waals surface area (Å²) in [4.78, 5) is 2.08. The van der Waals surface area contributed by atoms with Crippen molar-refractivity contribution >= 4 is 5.69 Å². The number of aryl methyl sites for hydroxylation is 1. The van der Waals surface area contributed by atoms with Gasteiger partial charge in [-0.25, -0.2) is 0 Å². The van der Waals surface area contributed by atoms with Gasteiger partial charge in [-0.2, -0.15) is 5.26 Å². The lowest BCUT2D eigenvalue weighted by Crippen LogP contribution is -2.53. The zero-order chi connectivity index (χ0) is 20.6. The molecule has 0 fully saturated rings. The molecule has 3 aromatic rings. The molecule has 148 valence electrons. The molecule has 6 heteroatoms. The Balaban J connectivity index is 1.87. The maximum Gasteiger partial charge on any atom is 0.156 e. The molecule has 0 saturated carbocycles. The molecule has 6 nitrogen and oxygen atoms in total. The van der Waals surface area contributed by atoms with Crippen LogP contribution in [0, 0.1) is 18.3 Å². The summed E-state index contributed by atoms with van der Waals surface area (Å²) < 4.78 is 11.6. The van der Waals surface area contributed by atoms with Gasteiger partial charge in [-0.1, -0.05) is 23.4 Å². The summed E-state index contributed by atoms with van der Waals surface area (Å²) in [6, 6.07) is 18.8. The van der Waals surface area contributed by atoms with Crippen LogP contribution < -0.4 is 9.64 Å². The predicted octanol–water partition coefficient (Wildman–Crippen LogP) is 4.13. The van der Waals surface area contributed by atoms with E-state index < -0.39 is 17.7 Å². The van der Waals surface area contributed by atoms with Crippen LogP contribution in [-0.2, 0) is 6.54 Å². The van der Waals surface area contributed by atoms with E-state index in [2.05, 4.69) is 16.1 Å². The van der Waals surface area contributed by atoms with Gasteiger partial charge >= 0.3 is 0 Å². The number of aliphatic hydroxyl groups is 1. The van der Waals surface area contributed by atoms with Crippen molar-refractivity contribution in [1.82, 2.24) is 5.16 Å². The van der Waals surface area contributed by atoms with E-state index in [1.807, 2.05) is 57.2 Å². The number of aromatic nitrogens is 1. The summed E-state index contributed by atoms with van der Waals surface area (Å²) in [6.45, 7) is 6.03. The van der Waals surface area contributed by atoms with Crippen molar-refractivity contribution < 1.29 is 14.4 Å². The minimum absolute atomic E-state index is 0.416. The van der Waals surface area contributed by atoms with Crippen LogP contribution in [0.25, 0.3) is 0 Å². The molecule has 1 aliphatic rings. The number of nitrogens with zero attached hydrogens (tertiary/aromatic N) is 3. The molecule has 0 radical (unpaired) electrons. The van der Waals surface area contributed by atoms with Crippen LogP contribution in [0.1, 0.15) is 42.5 Å². The van der Waals surface area contributed by atoms with E-state index in [4.69, 9.17) is 9.26 Å². The minimum Gasteiger partial charge on any atom is -0.485 e. The molecule has 2 heterocycles. The van der Waals surface area contributed by atoms with E-state index in [9.17, 15) is 10.4 Å². The van der Waals surface area contributed by atoms with Crippen LogP contribution in [0.3, 0.4) is 0 Å². The highest BCUT2D eigenvalue weighted by Gasteiger charge is 2.46. The van der Waals surface area contributed by atoms with Crippen molar-refractivity contribution in [3.8, 4) is 11.8 Å². The molecule has 29 heavy (non-hydrogen) atoms. The number of aliphatic hydroxyl groups excluding tert-OH is 1. The van der Waals surface area contributed by atoms with Gasteiger partial charge in [0.1, 0.15) is 17.5 Å². The van der Waals surface area contributed by atoms with E-state index in [-0.39, 0.29) is 0 Å². The topological polar surface area (TPSA) is 82.5 Å². The van der Waals surface area contributed by atoms with Gasteiger partial charge < -0.3 is 19.3 Å². The Morgan fingerprint density at radius 1 is 1.17 bits per heavy atom. The second-order valence-corrected chi connectivity index (χ2v) is 7.86. The van der Waals surface area contributed by atoms with Crippen molar-refractivity contribution in [2.24, 2.45) is 0 Å². The zero-order valence-corrected chi connectivity index (χ0v) is 16.7. The van der Waals surface area contributed by atoms with Gasteiger partial charge in [0, 0.05) is 17.3 Å². The first-order chi connectivity index (χ1) is 13.9. The number of hydrogen-bond acceptors (Lipinski definition) is 6. The average molecular weight is 389 g/mol. The molecular formula is C23H23N3O3. The largest absolute Gasteiger partial charge is 0.485 e. The second kappa shape index (κ2) is 7.26. The number of ether oxygens (including phenoxy) is 1. The maximum absolute atomic E-state index is 11.3. The van der Waals surface area contributed by atoms with Crippen molar-refractivity contribution in [1.29, 1.82) is 5.26 Å². The van der Waals surface area contributed by atoms with E-state index in [0.29, 0.717) is 23.6 Å². The third-order valence-corrected chi connectivity index (χ3v) is 5.27. The standard InChI is InChI=1S/C23H23N3O3/c1-15-11-18(29-25-15)14-26(17-7-5-4-6-8-17)21-19-12-16(13-24)9-10-20(19)28-23(2,3)22(21)27/h4-12,21-22,27H,14H2,1-3H3/t21-,22+/m0/s1. The quantitative estimate of drug-likeness (QED) is 0.722. The third-order valence-electron chi connectivity index (χ3n) is 5.27. The SMILES string of the molecule is Cc1cc(CN(c2ccccc2)[C@H]2c3cc(C#N)ccc3OC(C)(C)[C@@H]2O)on1. The van der Waals surface area contributed by atoms with Crippen LogP contribution in [0.2, 0.25) is 0 Å². The van der Waals surface area contributed by atoms with Crippen molar-refractivity contribution in [2.75, 3.05) is 4.90 Å². The second-order valence-electron chi connectivity index (χ2n) is 7.86. The summed E-state index contributed by atoms with van der Waals surface area (Å²) in [5, 5.41) is 24.7. The van der Waals surface area contributed by atoms with Gasteiger partial charge in [0.2, 0.25) is 0 Å². The fraction of sp³-hybridized carbons (Fsp3) is 0.304. The van der Waals surface area contributed by atoms with E-state index in [1.165, 1.54) is 0 Å². The van der Waals surface area contributed by atoms with Crippen LogP contribution >= 0.6 is 0 Å². The molecule has 0 saturated heterocycles. The summed E-state index contributed by atoms with van der Waals surface area (Å²) in [6.07, 6.45) is -0.840. The Hall–Kier alpha value is -3.30. The number of para-hydroxylation sites is 1. The summed E-state index contributed by atoms with van der Waals surface area (Å²) in [5.41, 5.74) is 2.21. The lowest BCUT2D eigenvalue weighted by Gasteiger charge is -2.47. The molecule has 1 N–H and O–H groups in total. The van der Waals surface area contributed by atoms with Crippen LogP contribution in [-0.4, -0.2) is 22.0 Å². The molecule has 0 unspecified atom stereocenters. The van der Waals surface area contributed by atoms with Gasteiger partial charge in [-0.3, -0.25) is 0 Å². The van der Waals surface area contributed by atoms with E-state index in [1.54, 1.807) is 18.2 Å². The van der Waals surface area contributed by atoms with E-state index in [0.717, 1.165) is 16.9 Å². The van der Waals surface area contributed by atoms with Crippen LogP contribution in [0.15, 0.2) is 59.1 Å². The highest BCUT2D eigenvalue weighted by molar-refractivity contribution is 5.54. The Labute approximate surface area is 169 Å². The predicted molar refractivity (Wildman–Crippen MR) is 108 cm³/mol. The molecule has 2 aromatic carbocycles. The Morgan fingerprint density at radius 2 is 1.93 bits per heavy atom. The first-order valence-corrected chi connectivity index (χ1v) is 9.54. The summed E-state index contributed by atoms with van der Waals surface area (Å²) >= 11 is 0. The monoisotopic (exact) mass is 389 g/mol. The van der Waals surface area contributed by atoms with Gasteiger partial charge in [-0.05, 0) is 51.1 Å². The molecule has 0 amide bonds. The minimum atomic E-state index is -0.840. The molecule has 2 atom stereocenters. The first kappa shape index (κ1) is 19.0. The lowest BCUT2D eigenvalue weighted by atomic mass is 9.84. The highest BCUT2D eigenvalue weighted by Crippen LogP contribution is 2.45. The summed E-state index contributed by atoms with van der Waals surface area (Å²) in [5.74, 6) is 1.36. The number of hydrogen-bond donors (Lipinski definition) is 1. The van der Waals surface area contributed by atoms with Gasteiger partial charge in [0.25, 0.3) is 0 Å². The highest BCUT2D eigenvalue weighted by atomic mass is 16.5. The van der Waals surface area contributed by atoms with Gasteiger partial charge in [0.05, 0.1) is 29.9 Å². The van der Waals surface area contributed by atoms with Gasteiger partial charge in [-0.15, -0.1) is 0 Å². The first-order valence-electron chi connectivity index (χ1n) is 9.54. The normalized spacial score (nSPS) is 19.7. The molecule has 1 aliphatic heterocycles. The molecular weight excluding hydrogens is 366 g/mol. The Morgan fingerprint density at radius 3 is 2.59 bits per heavy atom. The molecule has 4 rings (SSSR count). The van der Waals surface area contributed by atoms with Gasteiger partial charge in [0.15, 0.2) is 5.76 Å². The fourth-order valence-corrected chi connectivity index (χ4v) is 3.80. The smallest absolute Gasteiger partial charge is 0.156 e. The zero-order valence-electron chi connectivity index (χ0n) is 16.7. The maximum atomic E-state index is 11.3. The lowest BCUT2D eigenvalue weighted by molar-refractivity contribution is -0.0591. The molecule has 0 spiro atoms. The van der Waals surface area contributed by atoms with Crippen LogP contribution in [0.5, 0.6) is 5.75 Å². The Bertz CT molecular complexity index is 1050. The average Bonchev–Trinajstić information content (AvgIpc) is 3.13. The Kier molecular flexibility index (Phi) is 4.77. The number of fused-ring (bicyclic) bond motifs is 1. The fourth-order valence-electron chi connectivity index (χ4n) is 3.80. The molecule has 0 bridgehead atoms. The molecule has 1 aromatic heterocycles. The van der Waals surface area contributed by atoms with Crippen LogP contribution in [0.4, 0.5) is 5.69 Å². The van der Waals surface area contributed by atoms with Crippen molar-refractivity contribution in [2.45, 2.75) is 45.1 Å².